The lowest BCUT2D eigenvalue weighted by atomic mass is 9.79. The number of nitrogens with one attached hydrogen (secondary N) is 2. The molecule has 5 N–H and O–H groups in total. The number of likely N-dealkylation sites (tertiary alicyclic amines) is 1. The first-order chi connectivity index (χ1) is 17.7. The monoisotopic (exact) mass is 510 g/mol. The molecule has 8 nitrogen and oxygen atoms in total. The number of nitrogens with zero attached hydrogens (tertiary/aromatic N) is 1. The number of aliphatic carboxylic acids is 1. The van der Waals surface area contributed by atoms with Gasteiger partial charge < -0.3 is 21.1 Å². The highest BCUT2D eigenvalue weighted by Crippen LogP contribution is 2.31. The molecule has 37 heavy (non-hydrogen) atoms. The normalized spacial score (nSPS) is 21.7. The van der Waals surface area contributed by atoms with Crippen molar-refractivity contribution in [3.05, 3.63) is 47.5 Å². The topological polar surface area (TPSA) is 137 Å². The van der Waals surface area contributed by atoms with Crippen LogP contribution in [0.5, 0.6) is 0 Å². The van der Waals surface area contributed by atoms with Crippen LogP contribution in [-0.4, -0.2) is 52.8 Å². The van der Waals surface area contributed by atoms with Gasteiger partial charge in [-0.1, -0.05) is 38.1 Å². The van der Waals surface area contributed by atoms with Crippen LogP contribution in [-0.2, 0) is 9.59 Å². The Bertz CT molecular complexity index is 982. The summed E-state index contributed by atoms with van der Waals surface area (Å²) < 4.78 is 0. The van der Waals surface area contributed by atoms with Gasteiger partial charge in [0.05, 0.1) is 5.92 Å². The lowest BCUT2D eigenvalue weighted by Crippen LogP contribution is -2.50. The summed E-state index contributed by atoms with van der Waals surface area (Å²) in [6.45, 7) is 5.34. The molecule has 4 unspecified atom stereocenters. The highest BCUT2D eigenvalue weighted by Gasteiger charge is 2.34. The van der Waals surface area contributed by atoms with Crippen molar-refractivity contribution in [2.45, 2.75) is 71.3 Å². The molecule has 0 saturated carbocycles. The molecule has 4 atom stereocenters. The van der Waals surface area contributed by atoms with Crippen molar-refractivity contribution in [1.29, 1.82) is 5.41 Å². The third kappa shape index (κ3) is 7.91. The molecule has 8 heteroatoms. The number of nitrogen functional groups attached to an aromatic ring is 1. The van der Waals surface area contributed by atoms with Gasteiger partial charge in [-0.05, 0) is 74.8 Å². The fraction of sp³-hybridized carbons (Fsp3) is 0.586. The third-order valence-electron chi connectivity index (χ3n) is 8.14. The van der Waals surface area contributed by atoms with Gasteiger partial charge in [-0.15, -0.1) is 0 Å². The molecule has 1 aliphatic heterocycles. The summed E-state index contributed by atoms with van der Waals surface area (Å²) in [5.41, 5.74) is 6.57. The van der Waals surface area contributed by atoms with E-state index in [0.717, 1.165) is 25.7 Å². The SMILES string of the molecule is CCC(C(=O)N1CCC(CC(=O)O)CC1)C(CCC1CCC=CC1C)NC(=O)c1ccc(C(=N)N)cc1. The van der Waals surface area contributed by atoms with E-state index in [0.29, 0.717) is 55.3 Å². The number of amides is 2. The molecular weight excluding hydrogens is 468 g/mol. The molecule has 2 aliphatic rings. The number of carbonyl (C=O) groups is 3. The largest absolute Gasteiger partial charge is 0.481 e. The van der Waals surface area contributed by atoms with Crippen LogP contribution in [0.4, 0.5) is 0 Å². The maximum Gasteiger partial charge on any atom is 0.303 e. The number of nitrogens with two attached hydrogens (primary N) is 1. The smallest absolute Gasteiger partial charge is 0.303 e. The van der Waals surface area contributed by atoms with Crippen molar-refractivity contribution in [1.82, 2.24) is 10.2 Å². The van der Waals surface area contributed by atoms with Crippen LogP contribution in [0.15, 0.2) is 36.4 Å². The summed E-state index contributed by atoms with van der Waals surface area (Å²) in [5.74, 6) is -0.256. The summed E-state index contributed by atoms with van der Waals surface area (Å²) in [6.07, 6.45) is 10.5. The lowest BCUT2D eigenvalue weighted by Gasteiger charge is -2.36. The molecule has 1 aromatic carbocycles. The number of carbonyl (C=O) groups excluding carboxylic acids is 2. The highest BCUT2D eigenvalue weighted by molar-refractivity contribution is 5.98. The van der Waals surface area contributed by atoms with Crippen LogP contribution in [0.2, 0.25) is 0 Å². The zero-order valence-corrected chi connectivity index (χ0v) is 22.1. The fourth-order valence-corrected chi connectivity index (χ4v) is 5.74. The molecule has 3 rings (SSSR count). The average molecular weight is 511 g/mol. The van der Waals surface area contributed by atoms with E-state index in [1.165, 1.54) is 0 Å². The van der Waals surface area contributed by atoms with Gasteiger partial charge in [0.2, 0.25) is 5.91 Å². The van der Waals surface area contributed by atoms with E-state index < -0.39 is 5.97 Å². The first-order valence-corrected chi connectivity index (χ1v) is 13.6. The van der Waals surface area contributed by atoms with Gasteiger partial charge in [0.1, 0.15) is 5.84 Å². The van der Waals surface area contributed by atoms with E-state index in [9.17, 15) is 14.4 Å². The third-order valence-corrected chi connectivity index (χ3v) is 8.14. The number of hydrogen-bond donors (Lipinski definition) is 4. The standard InChI is InChI=1S/C29H42N4O4/c1-3-24(29(37)33-16-14-20(15-17-33)18-26(34)35)25(13-12-21-7-5-4-6-19(21)2)32-28(36)23-10-8-22(9-11-23)27(30)31/h4,6,8-11,19-21,24-25H,3,5,7,12-18H2,1-2H3,(H3,30,31)(H,32,36)(H,34,35). The van der Waals surface area contributed by atoms with E-state index >= 15 is 0 Å². The number of allylic oxidation sites excluding steroid dienone is 2. The van der Waals surface area contributed by atoms with Gasteiger partial charge in [-0.25, -0.2) is 0 Å². The van der Waals surface area contributed by atoms with Crippen molar-refractivity contribution >= 4 is 23.6 Å². The second kappa shape index (κ2) is 13.4. The molecule has 1 heterocycles. The van der Waals surface area contributed by atoms with Gasteiger partial charge in [-0.3, -0.25) is 19.8 Å². The van der Waals surface area contributed by atoms with Crippen LogP contribution in [0, 0.1) is 29.1 Å². The summed E-state index contributed by atoms with van der Waals surface area (Å²) >= 11 is 0. The summed E-state index contributed by atoms with van der Waals surface area (Å²) in [5, 5.41) is 19.8. The molecule has 1 aromatic rings. The average Bonchev–Trinajstić information content (AvgIpc) is 2.88. The summed E-state index contributed by atoms with van der Waals surface area (Å²) in [4.78, 5) is 39.8. The van der Waals surface area contributed by atoms with E-state index in [2.05, 4.69) is 24.4 Å². The van der Waals surface area contributed by atoms with Gasteiger partial charge in [0.25, 0.3) is 5.91 Å². The van der Waals surface area contributed by atoms with Gasteiger partial charge >= 0.3 is 5.97 Å². The van der Waals surface area contributed by atoms with Gasteiger partial charge in [0.15, 0.2) is 0 Å². The van der Waals surface area contributed by atoms with E-state index in [-0.39, 0.29) is 41.9 Å². The van der Waals surface area contributed by atoms with Crippen molar-refractivity contribution < 1.29 is 19.5 Å². The maximum absolute atomic E-state index is 13.7. The molecule has 0 bridgehead atoms. The minimum atomic E-state index is -0.790. The number of carboxylic acids is 1. The van der Waals surface area contributed by atoms with Gasteiger partial charge in [-0.2, -0.15) is 0 Å². The number of benzene rings is 1. The van der Waals surface area contributed by atoms with E-state index in [4.69, 9.17) is 16.2 Å². The van der Waals surface area contributed by atoms with E-state index in [1.807, 2.05) is 11.8 Å². The van der Waals surface area contributed by atoms with Gasteiger partial charge in [0, 0.05) is 36.7 Å². The predicted octanol–water partition coefficient (Wildman–Crippen LogP) is 4.19. The molecule has 0 spiro atoms. The number of carboxylic acid groups (broad SMARTS) is 1. The predicted molar refractivity (Wildman–Crippen MR) is 144 cm³/mol. The maximum atomic E-state index is 13.7. The summed E-state index contributed by atoms with van der Waals surface area (Å²) in [6, 6.07) is 6.34. The minimum Gasteiger partial charge on any atom is -0.481 e. The van der Waals surface area contributed by atoms with E-state index in [1.54, 1.807) is 24.3 Å². The Hall–Kier alpha value is -3.16. The fourth-order valence-electron chi connectivity index (χ4n) is 5.74. The Labute approximate surface area is 220 Å². The Morgan fingerprint density at radius 1 is 1.14 bits per heavy atom. The number of piperidine rings is 1. The number of hydrogen-bond acceptors (Lipinski definition) is 4. The molecule has 202 valence electrons. The highest BCUT2D eigenvalue weighted by atomic mass is 16.4. The Kier molecular flexibility index (Phi) is 10.3. The Morgan fingerprint density at radius 3 is 2.35 bits per heavy atom. The quantitative estimate of drug-likeness (QED) is 0.201. The lowest BCUT2D eigenvalue weighted by molar-refractivity contribution is -0.139. The summed E-state index contributed by atoms with van der Waals surface area (Å²) in [7, 11) is 0. The molecule has 0 radical (unpaired) electrons. The van der Waals surface area contributed by atoms with Crippen molar-refractivity contribution in [2.24, 2.45) is 29.4 Å². The van der Waals surface area contributed by atoms with Crippen LogP contribution in [0.25, 0.3) is 0 Å². The molecule has 1 aliphatic carbocycles. The number of rotatable bonds is 11. The Balaban J connectivity index is 1.73. The Morgan fingerprint density at radius 2 is 1.78 bits per heavy atom. The zero-order valence-electron chi connectivity index (χ0n) is 22.1. The second-order valence-corrected chi connectivity index (χ2v) is 10.7. The van der Waals surface area contributed by atoms with Crippen LogP contribution in [0.3, 0.4) is 0 Å². The molecule has 0 aromatic heterocycles. The van der Waals surface area contributed by atoms with Crippen molar-refractivity contribution in [2.75, 3.05) is 13.1 Å². The van der Waals surface area contributed by atoms with Crippen LogP contribution >= 0.6 is 0 Å². The van der Waals surface area contributed by atoms with Crippen LogP contribution in [0.1, 0.15) is 81.1 Å². The van der Waals surface area contributed by atoms with Crippen LogP contribution < -0.4 is 11.1 Å². The molecule has 1 saturated heterocycles. The molecule has 2 amide bonds. The van der Waals surface area contributed by atoms with Crippen molar-refractivity contribution in [3.8, 4) is 0 Å². The van der Waals surface area contributed by atoms with Crippen molar-refractivity contribution in [3.63, 3.8) is 0 Å². The first kappa shape index (κ1) is 28.4. The zero-order chi connectivity index (χ0) is 26.9. The first-order valence-electron chi connectivity index (χ1n) is 13.6. The molecular formula is C29H42N4O4. The number of amidine groups is 1. The second-order valence-electron chi connectivity index (χ2n) is 10.7. The molecule has 1 fully saturated rings. The minimum absolute atomic E-state index is 0.0464.